The highest BCUT2D eigenvalue weighted by Crippen LogP contribution is 2.25. The van der Waals surface area contributed by atoms with E-state index < -0.39 is 0 Å². The van der Waals surface area contributed by atoms with Crippen molar-refractivity contribution in [3.05, 3.63) is 60.7 Å². The number of nitrogens with zero attached hydrogens (tertiary/aromatic N) is 1. The van der Waals surface area contributed by atoms with Gasteiger partial charge in [-0.05, 0) is 42.9 Å². The first kappa shape index (κ1) is 14.0. The average Bonchev–Trinajstić information content (AvgIpc) is 2.49. The van der Waals surface area contributed by atoms with Crippen molar-refractivity contribution in [1.29, 1.82) is 0 Å². The van der Waals surface area contributed by atoms with Gasteiger partial charge < -0.3 is 4.90 Å². The fourth-order valence-electron chi connectivity index (χ4n) is 2.18. The number of rotatable bonds is 7. The van der Waals surface area contributed by atoms with Crippen LogP contribution in [-0.4, -0.2) is 12.3 Å². The van der Waals surface area contributed by atoms with E-state index in [1.807, 2.05) is 0 Å². The maximum Gasteiger partial charge on any atom is 0.0410 e. The number of unbranched alkanes of at least 4 members (excludes halogenated alkanes) is 2. The highest BCUT2D eigenvalue weighted by molar-refractivity contribution is 7.80. The van der Waals surface area contributed by atoms with E-state index in [0.717, 1.165) is 12.3 Å². The Hall–Kier alpha value is -1.41. The third kappa shape index (κ3) is 4.32. The molecule has 0 aliphatic rings. The molecule has 0 aliphatic heterocycles. The second-order valence-corrected chi connectivity index (χ2v) is 5.05. The maximum absolute atomic E-state index is 4.27. The summed E-state index contributed by atoms with van der Waals surface area (Å²) in [5.41, 5.74) is 2.53. The van der Waals surface area contributed by atoms with Crippen molar-refractivity contribution in [2.75, 3.05) is 17.2 Å². The van der Waals surface area contributed by atoms with Crippen molar-refractivity contribution in [3.8, 4) is 0 Å². The second-order valence-electron chi connectivity index (χ2n) is 4.61. The summed E-state index contributed by atoms with van der Waals surface area (Å²) < 4.78 is 0. The summed E-state index contributed by atoms with van der Waals surface area (Å²) in [6, 6.07) is 21.2. The van der Waals surface area contributed by atoms with Crippen molar-refractivity contribution in [1.82, 2.24) is 0 Å². The second kappa shape index (κ2) is 7.90. The molecule has 0 amide bonds. The molecule has 0 atom stereocenters. The van der Waals surface area contributed by atoms with Gasteiger partial charge in [0.15, 0.2) is 0 Å². The van der Waals surface area contributed by atoms with Gasteiger partial charge in [-0.2, -0.15) is 12.6 Å². The average molecular weight is 271 g/mol. The number of para-hydroxylation sites is 2. The van der Waals surface area contributed by atoms with Crippen LogP contribution in [0, 0.1) is 0 Å². The molecule has 2 rings (SSSR count). The van der Waals surface area contributed by atoms with Crippen LogP contribution in [0.2, 0.25) is 0 Å². The fraction of sp³-hybridized carbons (Fsp3) is 0.294. The van der Waals surface area contributed by atoms with Gasteiger partial charge in [0.25, 0.3) is 0 Å². The summed E-state index contributed by atoms with van der Waals surface area (Å²) in [5.74, 6) is 0.983. The Bertz CT molecular complexity index is 416. The van der Waals surface area contributed by atoms with Crippen molar-refractivity contribution in [3.63, 3.8) is 0 Å². The van der Waals surface area contributed by atoms with E-state index in [1.165, 1.54) is 30.6 Å². The minimum Gasteiger partial charge on any atom is -0.341 e. The molecule has 0 saturated heterocycles. The third-order valence-electron chi connectivity index (χ3n) is 3.18. The van der Waals surface area contributed by atoms with Gasteiger partial charge >= 0.3 is 0 Å². The quantitative estimate of drug-likeness (QED) is 0.552. The molecule has 2 aromatic rings. The van der Waals surface area contributed by atoms with Crippen LogP contribution in [0.1, 0.15) is 19.3 Å². The number of benzene rings is 2. The van der Waals surface area contributed by atoms with Crippen LogP contribution in [-0.2, 0) is 0 Å². The Morgan fingerprint density at radius 1 is 0.684 bits per heavy atom. The monoisotopic (exact) mass is 271 g/mol. The molecule has 0 N–H and O–H groups in total. The van der Waals surface area contributed by atoms with E-state index >= 15 is 0 Å². The predicted molar refractivity (Wildman–Crippen MR) is 87.6 cm³/mol. The zero-order chi connectivity index (χ0) is 13.3. The molecular formula is C17H21NS. The third-order valence-corrected chi connectivity index (χ3v) is 3.49. The molecule has 0 bridgehead atoms. The summed E-state index contributed by atoms with van der Waals surface area (Å²) in [6.45, 7) is 1.06. The summed E-state index contributed by atoms with van der Waals surface area (Å²) in [6.07, 6.45) is 3.63. The standard InChI is InChI=1S/C17H21NS/c19-15-9-3-8-14-18(16-10-4-1-5-11-16)17-12-6-2-7-13-17/h1-2,4-7,10-13,19H,3,8-9,14-15H2. The van der Waals surface area contributed by atoms with Crippen molar-refractivity contribution in [2.45, 2.75) is 19.3 Å². The van der Waals surface area contributed by atoms with Gasteiger partial charge in [-0.15, -0.1) is 0 Å². The molecule has 0 saturated carbocycles. The highest BCUT2D eigenvalue weighted by atomic mass is 32.1. The van der Waals surface area contributed by atoms with Gasteiger partial charge in [-0.3, -0.25) is 0 Å². The Morgan fingerprint density at radius 2 is 1.21 bits per heavy atom. The van der Waals surface area contributed by atoms with Crippen LogP contribution in [0.5, 0.6) is 0 Å². The number of hydrogen-bond donors (Lipinski definition) is 1. The highest BCUT2D eigenvalue weighted by Gasteiger charge is 2.07. The Balaban J connectivity index is 2.10. The Morgan fingerprint density at radius 3 is 1.68 bits per heavy atom. The molecule has 0 spiro atoms. The van der Waals surface area contributed by atoms with Gasteiger partial charge in [-0.1, -0.05) is 42.8 Å². The van der Waals surface area contributed by atoms with Crippen LogP contribution >= 0.6 is 12.6 Å². The van der Waals surface area contributed by atoms with Gasteiger partial charge in [0.05, 0.1) is 0 Å². The normalized spacial score (nSPS) is 10.4. The van der Waals surface area contributed by atoms with Crippen molar-refractivity contribution >= 4 is 24.0 Å². The Labute approximate surface area is 121 Å². The zero-order valence-electron chi connectivity index (χ0n) is 11.2. The molecule has 1 nitrogen and oxygen atoms in total. The summed E-state index contributed by atoms with van der Waals surface area (Å²) in [4.78, 5) is 2.39. The van der Waals surface area contributed by atoms with Crippen molar-refractivity contribution in [2.24, 2.45) is 0 Å². The smallest absolute Gasteiger partial charge is 0.0410 e. The molecule has 0 aromatic heterocycles. The molecule has 0 unspecified atom stereocenters. The topological polar surface area (TPSA) is 3.24 Å². The minimum absolute atomic E-state index is 0.983. The van der Waals surface area contributed by atoms with Gasteiger partial charge in [0.1, 0.15) is 0 Å². The minimum atomic E-state index is 0.983. The van der Waals surface area contributed by atoms with Crippen LogP contribution in [0.4, 0.5) is 11.4 Å². The lowest BCUT2D eigenvalue weighted by molar-refractivity contribution is 0.722. The number of thiol groups is 1. The molecule has 0 radical (unpaired) electrons. The molecule has 0 heterocycles. The SMILES string of the molecule is SCCCCCN(c1ccccc1)c1ccccc1. The predicted octanol–water partition coefficient (Wildman–Crippen LogP) is 4.92. The first-order chi connectivity index (χ1) is 9.42. The summed E-state index contributed by atoms with van der Waals surface area (Å²) >= 11 is 4.27. The van der Waals surface area contributed by atoms with Crippen LogP contribution in [0.25, 0.3) is 0 Å². The lowest BCUT2D eigenvalue weighted by Gasteiger charge is -2.25. The van der Waals surface area contributed by atoms with Crippen molar-refractivity contribution < 1.29 is 0 Å². The van der Waals surface area contributed by atoms with Crippen LogP contribution < -0.4 is 4.90 Å². The van der Waals surface area contributed by atoms with Gasteiger partial charge in [-0.25, -0.2) is 0 Å². The molecule has 0 aliphatic carbocycles. The lowest BCUT2D eigenvalue weighted by Crippen LogP contribution is -2.18. The van der Waals surface area contributed by atoms with Crippen LogP contribution in [0.15, 0.2) is 60.7 Å². The maximum atomic E-state index is 4.27. The van der Waals surface area contributed by atoms with Crippen LogP contribution in [0.3, 0.4) is 0 Å². The van der Waals surface area contributed by atoms with E-state index in [-0.39, 0.29) is 0 Å². The summed E-state index contributed by atoms with van der Waals surface area (Å²) in [7, 11) is 0. The van der Waals surface area contributed by atoms with E-state index in [2.05, 4.69) is 78.2 Å². The molecule has 2 aromatic carbocycles. The van der Waals surface area contributed by atoms with Gasteiger partial charge in [0, 0.05) is 17.9 Å². The van der Waals surface area contributed by atoms with E-state index in [0.29, 0.717) is 0 Å². The Kier molecular flexibility index (Phi) is 5.83. The van der Waals surface area contributed by atoms with E-state index in [9.17, 15) is 0 Å². The number of hydrogen-bond acceptors (Lipinski definition) is 2. The number of anilines is 2. The zero-order valence-corrected chi connectivity index (χ0v) is 12.1. The summed E-state index contributed by atoms with van der Waals surface area (Å²) in [5, 5.41) is 0. The largest absolute Gasteiger partial charge is 0.341 e. The van der Waals surface area contributed by atoms with E-state index in [4.69, 9.17) is 0 Å². The van der Waals surface area contributed by atoms with Gasteiger partial charge in [0.2, 0.25) is 0 Å². The fourth-order valence-corrected chi connectivity index (χ4v) is 2.41. The molecule has 19 heavy (non-hydrogen) atoms. The van der Waals surface area contributed by atoms with E-state index in [1.54, 1.807) is 0 Å². The molecule has 0 fully saturated rings. The molecule has 2 heteroatoms. The first-order valence-electron chi connectivity index (χ1n) is 6.90. The molecule has 100 valence electrons. The first-order valence-corrected chi connectivity index (χ1v) is 7.53. The molecular weight excluding hydrogens is 250 g/mol. The lowest BCUT2D eigenvalue weighted by atomic mass is 10.2.